The first-order valence-electron chi connectivity index (χ1n) is 6.50. The smallest absolute Gasteiger partial charge is 0.140 e. The third kappa shape index (κ3) is 2.30. The van der Waals surface area contributed by atoms with Crippen LogP contribution in [0.15, 0.2) is 42.6 Å². The molecule has 0 aliphatic rings. The molecule has 0 atom stereocenters. The average Bonchev–Trinajstić information content (AvgIpc) is 2.80. The molecule has 0 saturated heterocycles. The number of pyridine rings is 1. The van der Waals surface area contributed by atoms with Crippen molar-refractivity contribution >= 4 is 17.2 Å². The first-order valence-corrected chi connectivity index (χ1v) is 6.87. The molecule has 0 saturated carbocycles. The number of rotatable bonds is 3. The van der Waals surface area contributed by atoms with Crippen molar-refractivity contribution in [2.45, 2.75) is 20.0 Å². The highest BCUT2D eigenvalue weighted by Crippen LogP contribution is 2.20. The Labute approximate surface area is 122 Å². The summed E-state index contributed by atoms with van der Waals surface area (Å²) in [6.45, 7) is 2.00. The zero-order chi connectivity index (χ0) is 14.1. The molecule has 0 unspecified atom stereocenters. The van der Waals surface area contributed by atoms with Crippen molar-refractivity contribution in [1.82, 2.24) is 9.38 Å². The standard InChI is InChI=1S/C16H15ClN2O/c1-11-3-2-8-19-15(10-20)14(18-16(11)19)9-12-4-6-13(17)7-5-12/h2-8,20H,9-10H2,1H3. The Morgan fingerprint density at radius 2 is 1.95 bits per heavy atom. The molecule has 3 rings (SSSR count). The number of benzene rings is 1. The number of hydrogen-bond acceptors (Lipinski definition) is 2. The van der Waals surface area contributed by atoms with Crippen LogP contribution in [0.2, 0.25) is 5.02 Å². The Hall–Kier alpha value is -1.84. The van der Waals surface area contributed by atoms with Crippen LogP contribution in [0.1, 0.15) is 22.5 Å². The number of halogens is 1. The summed E-state index contributed by atoms with van der Waals surface area (Å²) in [4.78, 5) is 4.67. The summed E-state index contributed by atoms with van der Waals surface area (Å²) in [6, 6.07) is 11.7. The molecule has 2 heterocycles. The summed E-state index contributed by atoms with van der Waals surface area (Å²) >= 11 is 5.90. The van der Waals surface area contributed by atoms with E-state index in [0.717, 1.165) is 33.2 Å². The molecule has 0 fully saturated rings. The van der Waals surface area contributed by atoms with Crippen molar-refractivity contribution in [3.05, 3.63) is 70.1 Å². The number of aliphatic hydroxyl groups is 1. The molecule has 1 aromatic carbocycles. The predicted molar refractivity (Wildman–Crippen MR) is 80.1 cm³/mol. The first kappa shape index (κ1) is 13.2. The highest BCUT2D eigenvalue weighted by molar-refractivity contribution is 6.30. The van der Waals surface area contributed by atoms with Crippen molar-refractivity contribution < 1.29 is 5.11 Å². The molecule has 0 spiro atoms. The molecule has 102 valence electrons. The van der Waals surface area contributed by atoms with Crippen molar-refractivity contribution in [2.75, 3.05) is 0 Å². The zero-order valence-electron chi connectivity index (χ0n) is 11.2. The predicted octanol–water partition coefficient (Wildman–Crippen LogP) is 3.38. The summed E-state index contributed by atoms with van der Waals surface area (Å²) in [5.74, 6) is 0. The highest BCUT2D eigenvalue weighted by Gasteiger charge is 2.12. The van der Waals surface area contributed by atoms with Crippen LogP contribution in [0.4, 0.5) is 0 Å². The molecule has 3 nitrogen and oxygen atoms in total. The third-order valence-corrected chi connectivity index (χ3v) is 3.71. The molecular formula is C16H15ClN2O. The molecule has 2 aromatic heterocycles. The Kier molecular flexibility index (Phi) is 3.47. The zero-order valence-corrected chi connectivity index (χ0v) is 11.9. The summed E-state index contributed by atoms with van der Waals surface area (Å²) in [5, 5.41) is 10.4. The van der Waals surface area contributed by atoms with Gasteiger partial charge in [0.25, 0.3) is 0 Å². The van der Waals surface area contributed by atoms with Gasteiger partial charge in [-0.3, -0.25) is 0 Å². The van der Waals surface area contributed by atoms with Crippen LogP contribution in [-0.4, -0.2) is 14.5 Å². The summed E-state index contributed by atoms with van der Waals surface area (Å²) in [7, 11) is 0. The van der Waals surface area contributed by atoms with E-state index in [1.54, 1.807) is 0 Å². The molecule has 4 heteroatoms. The molecule has 0 bridgehead atoms. The fourth-order valence-electron chi connectivity index (χ4n) is 2.40. The van der Waals surface area contributed by atoms with Crippen LogP contribution in [-0.2, 0) is 13.0 Å². The van der Waals surface area contributed by atoms with Crippen LogP contribution in [0, 0.1) is 6.92 Å². The van der Waals surface area contributed by atoms with Gasteiger partial charge in [0.15, 0.2) is 0 Å². The number of aryl methyl sites for hydroxylation is 1. The van der Waals surface area contributed by atoms with Gasteiger partial charge in [-0.2, -0.15) is 0 Å². The molecule has 0 aliphatic carbocycles. The van der Waals surface area contributed by atoms with E-state index in [0.29, 0.717) is 6.42 Å². The molecule has 20 heavy (non-hydrogen) atoms. The quantitative estimate of drug-likeness (QED) is 0.801. The monoisotopic (exact) mass is 286 g/mol. The molecule has 0 amide bonds. The fraction of sp³-hybridized carbons (Fsp3) is 0.188. The fourth-order valence-corrected chi connectivity index (χ4v) is 2.53. The maximum absolute atomic E-state index is 9.64. The minimum Gasteiger partial charge on any atom is -0.390 e. The van der Waals surface area contributed by atoms with Gasteiger partial charge in [-0.25, -0.2) is 4.98 Å². The number of fused-ring (bicyclic) bond motifs is 1. The Morgan fingerprint density at radius 3 is 2.65 bits per heavy atom. The minimum absolute atomic E-state index is 0.0203. The van der Waals surface area contributed by atoms with Gasteiger partial charge < -0.3 is 9.51 Å². The lowest BCUT2D eigenvalue weighted by atomic mass is 10.1. The van der Waals surface area contributed by atoms with Gasteiger partial charge in [0, 0.05) is 17.6 Å². The van der Waals surface area contributed by atoms with Crippen molar-refractivity contribution in [2.24, 2.45) is 0 Å². The van der Waals surface area contributed by atoms with Gasteiger partial charge in [0.05, 0.1) is 18.0 Å². The molecule has 3 aromatic rings. The molecule has 0 radical (unpaired) electrons. The molecular weight excluding hydrogens is 272 g/mol. The van der Waals surface area contributed by atoms with E-state index in [2.05, 4.69) is 4.98 Å². The van der Waals surface area contributed by atoms with Gasteiger partial charge in [0.1, 0.15) is 5.65 Å². The number of hydrogen-bond donors (Lipinski definition) is 1. The normalized spacial score (nSPS) is 11.2. The van der Waals surface area contributed by atoms with Crippen molar-refractivity contribution in [1.29, 1.82) is 0 Å². The second-order valence-electron chi connectivity index (χ2n) is 4.85. The molecule has 0 aliphatic heterocycles. The van der Waals surface area contributed by atoms with Crippen LogP contribution >= 0.6 is 11.6 Å². The maximum atomic E-state index is 9.64. The first-order chi connectivity index (χ1) is 9.69. The number of aromatic nitrogens is 2. The van der Waals surface area contributed by atoms with Gasteiger partial charge in [-0.05, 0) is 36.2 Å². The second kappa shape index (κ2) is 5.27. The number of aliphatic hydroxyl groups excluding tert-OH is 1. The van der Waals surface area contributed by atoms with Gasteiger partial charge in [-0.15, -0.1) is 0 Å². The largest absolute Gasteiger partial charge is 0.390 e. The van der Waals surface area contributed by atoms with E-state index < -0.39 is 0 Å². The van der Waals surface area contributed by atoms with Gasteiger partial charge in [-0.1, -0.05) is 29.8 Å². The lowest BCUT2D eigenvalue weighted by molar-refractivity contribution is 0.274. The average molecular weight is 287 g/mol. The van der Waals surface area contributed by atoms with E-state index >= 15 is 0 Å². The third-order valence-electron chi connectivity index (χ3n) is 3.46. The van der Waals surface area contributed by atoms with Gasteiger partial charge in [0.2, 0.25) is 0 Å². The number of imidazole rings is 1. The Balaban J connectivity index is 2.07. The summed E-state index contributed by atoms with van der Waals surface area (Å²) < 4.78 is 1.96. The van der Waals surface area contributed by atoms with Crippen LogP contribution in [0.3, 0.4) is 0 Å². The summed E-state index contributed by atoms with van der Waals surface area (Å²) in [5.41, 5.74) is 4.89. The van der Waals surface area contributed by atoms with Crippen LogP contribution < -0.4 is 0 Å². The Morgan fingerprint density at radius 1 is 1.20 bits per heavy atom. The van der Waals surface area contributed by atoms with Crippen molar-refractivity contribution in [3.63, 3.8) is 0 Å². The lowest BCUT2D eigenvalue weighted by Crippen LogP contribution is -1.97. The highest BCUT2D eigenvalue weighted by atomic mass is 35.5. The van der Waals surface area contributed by atoms with Gasteiger partial charge >= 0.3 is 0 Å². The Bertz CT molecular complexity index is 747. The molecule has 1 N–H and O–H groups in total. The van der Waals surface area contributed by atoms with Crippen molar-refractivity contribution in [3.8, 4) is 0 Å². The lowest BCUT2D eigenvalue weighted by Gasteiger charge is -2.02. The van der Waals surface area contributed by atoms with Crippen LogP contribution in [0.5, 0.6) is 0 Å². The topological polar surface area (TPSA) is 37.5 Å². The SMILES string of the molecule is Cc1cccn2c(CO)c(Cc3ccc(Cl)cc3)nc12. The van der Waals surface area contributed by atoms with Crippen LogP contribution in [0.25, 0.3) is 5.65 Å². The van der Waals surface area contributed by atoms with E-state index in [4.69, 9.17) is 11.6 Å². The van der Waals surface area contributed by atoms with E-state index in [-0.39, 0.29) is 6.61 Å². The van der Waals surface area contributed by atoms with E-state index in [1.165, 1.54) is 0 Å². The number of nitrogens with zero attached hydrogens (tertiary/aromatic N) is 2. The summed E-state index contributed by atoms with van der Waals surface area (Å²) in [6.07, 6.45) is 2.63. The maximum Gasteiger partial charge on any atom is 0.140 e. The second-order valence-corrected chi connectivity index (χ2v) is 5.29. The van der Waals surface area contributed by atoms with E-state index in [9.17, 15) is 5.11 Å². The van der Waals surface area contributed by atoms with E-state index in [1.807, 2.05) is 53.9 Å². The minimum atomic E-state index is -0.0203.